The Hall–Kier alpha value is -0.220. The number of sulfone groups is 1. The van der Waals surface area contributed by atoms with Crippen molar-refractivity contribution in [3.63, 3.8) is 0 Å². The van der Waals surface area contributed by atoms with Gasteiger partial charge in [-0.3, -0.25) is 0 Å². The molecule has 1 unspecified atom stereocenters. The van der Waals surface area contributed by atoms with Gasteiger partial charge >= 0.3 is 0 Å². The first-order valence-corrected chi connectivity index (χ1v) is 9.69. The molecular weight excluding hydrogens is 290 g/mol. The van der Waals surface area contributed by atoms with Crippen LogP contribution in [-0.2, 0) is 20.0 Å². The Morgan fingerprint density at radius 1 is 1.26 bits per heavy atom. The van der Waals surface area contributed by atoms with Gasteiger partial charge in [-0.05, 0) is 19.4 Å². The molecule has 2 aliphatic heterocycles. The molecule has 0 aromatic carbocycles. The molecule has 2 heterocycles. The zero-order chi connectivity index (χ0) is 14.1. The number of hydrogen-bond acceptors (Lipinski definition) is 5. The predicted octanol–water partition coefficient (Wildman–Crippen LogP) is -1.35. The third kappa shape index (κ3) is 3.46. The van der Waals surface area contributed by atoms with Gasteiger partial charge in [-0.1, -0.05) is 0 Å². The molecule has 0 radical (unpaired) electrons. The van der Waals surface area contributed by atoms with Crippen molar-refractivity contribution in [2.75, 3.05) is 44.7 Å². The molecule has 2 saturated heterocycles. The largest absolute Gasteiger partial charge is 0.315 e. The van der Waals surface area contributed by atoms with Crippen LogP contribution in [0.1, 0.15) is 12.8 Å². The maximum absolute atomic E-state index is 12.5. The summed E-state index contributed by atoms with van der Waals surface area (Å²) in [6, 6.07) is -0.425. The van der Waals surface area contributed by atoms with Crippen LogP contribution in [0.4, 0.5) is 0 Å². The van der Waals surface area contributed by atoms with E-state index in [1.165, 1.54) is 15.7 Å². The monoisotopic (exact) mass is 311 g/mol. The second-order valence-corrected chi connectivity index (χ2v) is 9.30. The van der Waals surface area contributed by atoms with Crippen molar-refractivity contribution < 1.29 is 16.8 Å². The number of nitrogens with zero attached hydrogens (tertiary/aromatic N) is 2. The van der Waals surface area contributed by atoms with Crippen LogP contribution in [-0.4, -0.2) is 76.2 Å². The van der Waals surface area contributed by atoms with Crippen LogP contribution >= 0.6 is 0 Å². The van der Waals surface area contributed by atoms with E-state index in [1.807, 2.05) is 0 Å². The van der Waals surface area contributed by atoms with Gasteiger partial charge < -0.3 is 5.32 Å². The summed E-state index contributed by atoms with van der Waals surface area (Å²) in [7, 11) is -5.15. The molecule has 19 heavy (non-hydrogen) atoms. The van der Waals surface area contributed by atoms with E-state index in [9.17, 15) is 16.8 Å². The quantitative estimate of drug-likeness (QED) is 0.696. The fourth-order valence-electron chi connectivity index (χ4n) is 2.48. The molecule has 9 heteroatoms. The van der Waals surface area contributed by atoms with Crippen LogP contribution in [0.5, 0.6) is 0 Å². The Morgan fingerprint density at radius 2 is 2.00 bits per heavy atom. The van der Waals surface area contributed by atoms with Gasteiger partial charge in [0.25, 0.3) is 10.2 Å². The van der Waals surface area contributed by atoms with Gasteiger partial charge in [-0.25, -0.2) is 8.42 Å². The topological polar surface area (TPSA) is 86.8 Å². The van der Waals surface area contributed by atoms with Crippen molar-refractivity contribution in [1.29, 1.82) is 0 Å². The Kier molecular flexibility index (Phi) is 4.51. The van der Waals surface area contributed by atoms with Gasteiger partial charge in [-0.2, -0.15) is 17.0 Å². The normalized spacial score (nSPS) is 29.5. The molecular formula is C10H21N3O4S2. The average molecular weight is 311 g/mol. The maximum Gasteiger partial charge on any atom is 0.282 e. The molecule has 0 saturated carbocycles. The summed E-state index contributed by atoms with van der Waals surface area (Å²) in [6.07, 6.45) is 1.17. The Labute approximate surface area is 115 Å². The minimum atomic E-state index is -3.56. The lowest BCUT2D eigenvalue weighted by Gasteiger charge is -2.29. The first-order chi connectivity index (χ1) is 8.83. The molecule has 0 bridgehead atoms. The predicted molar refractivity (Wildman–Crippen MR) is 72.8 cm³/mol. The van der Waals surface area contributed by atoms with Gasteiger partial charge in [0.05, 0.1) is 11.5 Å². The second kappa shape index (κ2) is 5.65. The molecule has 0 aliphatic carbocycles. The SMILES string of the molecule is CN(C1CCS(=O)(=O)C1)S(=O)(=O)N1CCCNCC1. The van der Waals surface area contributed by atoms with Crippen LogP contribution in [0.3, 0.4) is 0 Å². The lowest BCUT2D eigenvalue weighted by Crippen LogP contribution is -2.48. The third-order valence-electron chi connectivity index (χ3n) is 3.71. The Balaban J connectivity index is 2.10. The number of hydrogen-bond donors (Lipinski definition) is 1. The molecule has 1 atom stereocenters. The van der Waals surface area contributed by atoms with E-state index >= 15 is 0 Å². The van der Waals surface area contributed by atoms with Gasteiger partial charge in [-0.15, -0.1) is 0 Å². The summed E-state index contributed by atoms with van der Waals surface area (Å²) < 4.78 is 50.5. The van der Waals surface area contributed by atoms with E-state index in [-0.39, 0.29) is 11.5 Å². The maximum atomic E-state index is 12.5. The molecule has 2 fully saturated rings. The first-order valence-electron chi connectivity index (χ1n) is 6.47. The summed E-state index contributed by atoms with van der Waals surface area (Å²) in [4.78, 5) is 0. The van der Waals surface area contributed by atoms with Crippen LogP contribution in [0.15, 0.2) is 0 Å². The summed E-state index contributed by atoms with van der Waals surface area (Å²) in [5, 5.41) is 3.15. The first kappa shape index (κ1) is 15.2. The molecule has 112 valence electrons. The molecule has 0 amide bonds. The number of nitrogens with one attached hydrogen (secondary N) is 1. The highest BCUT2D eigenvalue weighted by Gasteiger charge is 2.38. The molecule has 2 rings (SSSR count). The second-order valence-electron chi connectivity index (χ2n) is 5.08. The third-order valence-corrected chi connectivity index (χ3v) is 7.51. The minimum Gasteiger partial charge on any atom is -0.315 e. The van der Waals surface area contributed by atoms with Crippen molar-refractivity contribution in [3.8, 4) is 0 Å². The van der Waals surface area contributed by atoms with Crippen molar-refractivity contribution in [2.24, 2.45) is 0 Å². The molecule has 0 spiro atoms. The van der Waals surface area contributed by atoms with Gasteiger partial charge in [0.1, 0.15) is 0 Å². The fourth-order valence-corrected chi connectivity index (χ4v) is 5.96. The summed E-state index contributed by atoms with van der Waals surface area (Å²) >= 11 is 0. The summed E-state index contributed by atoms with van der Waals surface area (Å²) in [5.74, 6) is 0.0217. The van der Waals surface area contributed by atoms with Gasteiger partial charge in [0.2, 0.25) is 0 Å². The van der Waals surface area contributed by atoms with Crippen LogP contribution < -0.4 is 5.32 Å². The van der Waals surface area contributed by atoms with Gasteiger partial charge in [0.15, 0.2) is 9.84 Å². The van der Waals surface area contributed by atoms with Crippen molar-refractivity contribution in [2.45, 2.75) is 18.9 Å². The Bertz CT molecular complexity index is 509. The van der Waals surface area contributed by atoms with E-state index in [0.717, 1.165) is 13.0 Å². The van der Waals surface area contributed by atoms with Crippen LogP contribution in [0, 0.1) is 0 Å². The molecule has 1 N–H and O–H groups in total. The highest BCUT2D eigenvalue weighted by molar-refractivity contribution is 7.91. The fraction of sp³-hybridized carbons (Fsp3) is 1.00. The summed E-state index contributed by atoms with van der Waals surface area (Å²) in [6.45, 7) is 2.37. The van der Waals surface area contributed by atoms with E-state index < -0.39 is 26.1 Å². The van der Waals surface area contributed by atoms with Crippen LogP contribution in [0.25, 0.3) is 0 Å². The lowest BCUT2D eigenvalue weighted by molar-refractivity contribution is 0.334. The van der Waals surface area contributed by atoms with Crippen molar-refractivity contribution >= 4 is 20.0 Å². The lowest BCUT2D eigenvalue weighted by atomic mass is 10.3. The smallest absolute Gasteiger partial charge is 0.282 e. The molecule has 0 aromatic heterocycles. The zero-order valence-electron chi connectivity index (χ0n) is 11.1. The van der Waals surface area contributed by atoms with Crippen LogP contribution in [0.2, 0.25) is 0 Å². The zero-order valence-corrected chi connectivity index (χ0v) is 12.7. The Morgan fingerprint density at radius 3 is 2.63 bits per heavy atom. The highest BCUT2D eigenvalue weighted by Crippen LogP contribution is 2.21. The number of rotatable bonds is 3. The molecule has 7 nitrogen and oxygen atoms in total. The highest BCUT2D eigenvalue weighted by atomic mass is 32.2. The van der Waals surface area contributed by atoms with E-state index in [2.05, 4.69) is 5.32 Å². The van der Waals surface area contributed by atoms with E-state index in [0.29, 0.717) is 26.1 Å². The average Bonchev–Trinajstić information content (AvgIpc) is 2.58. The van der Waals surface area contributed by atoms with E-state index in [4.69, 9.17) is 0 Å². The summed E-state index contributed by atoms with van der Waals surface area (Å²) in [5.41, 5.74) is 0. The van der Waals surface area contributed by atoms with Crippen molar-refractivity contribution in [1.82, 2.24) is 13.9 Å². The molecule has 2 aliphatic rings. The molecule has 0 aromatic rings. The van der Waals surface area contributed by atoms with Gasteiger partial charge in [0, 0.05) is 32.7 Å². The van der Waals surface area contributed by atoms with E-state index in [1.54, 1.807) is 0 Å². The standard InChI is InChI=1S/C10H21N3O4S2/c1-12(10-3-8-18(14,15)9-10)19(16,17)13-6-2-4-11-5-7-13/h10-11H,2-9H2,1H3. The minimum absolute atomic E-state index is 0.0607. The van der Waals surface area contributed by atoms with Crippen molar-refractivity contribution in [3.05, 3.63) is 0 Å².